The van der Waals surface area contributed by atoms with E-state index >= 15 is 0 Å². The van der Waals surface area contributed by atoms with E-state index < -0.39 is 21.8 Å². The van der Waals surface area contributed by atoms with Crippen LogP contribution >= 0.6 is 0 Å². The molecule has 0 saturated carbocycles. The van der Waals surface area contributed by atoms with Crippen LogP contribution in [0.15, 0.2) is 24.3 Å². The molecule has 1 aromatic rings. The highest BCUT2D eigenvalue weighted by atomic mass is 32.2. The molecular weight excluding hydrogens is 318 g/mol. The first-order valence-electron chi connectivity index (χ1n) is 7.45. The summed E-state index contributed by atoms with van der Waals surface area (Å²) in [5.74, 6) is -0.873. The highest BCUT2D eigenvalue weighted by Gasteiger charge is 2.24. The van der Waals surface area contributed by atoms with Crippen molar-refractivity contribution in [1.29, 1.82) is 0 Å². The van der Waals surface area contributed by atoms with E-state index in [9.17, 15) is 18.0 Å². The molecule has 128 valence electrons. The largest absolute Gasteiger partial charge is 0.465 e. The van der Waals surface area contributed by atoms with Crippen LogP contribution in [-0.4, -0.2) is 56.4 Å². The maximum atomic E-state index is 12.6. The van der Waals surface area contributed by atoms with Crippen LogP contribution in [0.4, 0.5) is 0 Å². The topological polar surface area (TPSA) is 80.8 Å². The summed E-state index contributed by atoms with van der Waals surface area (Å²) in [6, 6.07) is 5.76. The second kappa shape index (κ2) is 8.10. The predicted molar refractivity (Wildman–Crippen MR) is 88.3 cm³/mol. The molecule has 0 aliphatic heterocycles. The second-order valence-corrected chi connectivity index (χ2v) is 7.61. The first-order valence-corrected chi connectivity index (χ1v) is 9.27. The molecule has 1 atom stereocenters. The predicted octanol–water partition coefficient (Wildman–Crippen LogP) is 1.76. The van der Waals surface area contributed by atoms with Gasteiger partial charge in [-0.25, -0.2) is 13.2 Å². The van der Waals surface area contributed by atoms with Gasteiger partial charge in [-0.3, -0.25) is 4.79 Å². The number of carbonyl (C=O) groups is 2. The van der Waals surface area contributed by atoms with Crippen LogP contribution in [0, 0.1) is 0 Å². The van der Waals surface area contributed by atoms with Gasteiger partial charge in [0.05, 0.1) is 18.4 Å². The minimum absolute atomic E-state index is 0.0426. The average Bonchev–Trinajstić information content (AvgIpc) is 2.54. The van der Waals surface area contributed by atoms with Crippen LogP contribution < -0.4 is 0 Å². The molecule has 0 saturated heterocycles. The third kappa shape index (κ3) is 5.06. The summed E-state index contributed by atoms with van der Waals surface area (Å²) in [6.07, 6.45) is 0. The zero-order chi connectivity index (χ0) is 17.6. The molecule has 1 rings (SSSR count). The van der Waals surface area contributed by atoms with Gasteiger partial charge in [-0.2, -0.15) is 0 Å². The molecule has 1 amide bonds. The summed E-state index contributed by atoms with van der Waals surface area (Å²) in [4.78, 5) is 25.7. The van der Waals surface area contributed by atoms with Crippen molar-refractivity contribution in [2.75, 3.05) is 25.2 Å². The monoisotopic (exact) mass is 341 g/mol. The minimum Gasteiger partial charge on any atom is -0.465 e. The Morgan fingerprint density at radius 1 is 1.22 bits per heavy atom. The van der Waals surface area contributed by atoms with E-state index in [4.69, 9.17) is 0 Å². The summed E-state index contributed by atoms with van der Waals surface area (Å²) >= 11 is 0. The Bertz CT molecular complexity index is 669. The third-order valence-electron chi connectivity index (χ3n) is 3.60. The molecule has 0 spiro atoms. The van der Waals surface area contributed by atoms with Crippen LogP contribution in [0.5, 0.6) is 0 Å². The van der Waals surface area contributed by atoms with Gasteiger partial charge in [0.25, 0.3) is 5.91 Å². The van der Waals surface area contributed by atoms with Crippen molar-refractivity contribution < 1.29 is 22.7 Å². The lowest BCUT2D eigenvalue weighted by atomic mass is 10.1. The highest BCUT2D eigenvalue weighted by Crippen LogP contribution is 2.13. The Labute approximate surface area is 137 Å². The van der Waals surface area contributed by atoms with Gasteiger partial charge in [0.15, 0.2) is 9.84 Å². The number of ether oxygens (including phenoxy) is 1. The summed E-state index contributed by atoms with van der Waals surface area (Å²) in [5.41, 5.74) is 0.610. The van der Waals surface area contributed by atoms with Gasteiger partial charge in [-0.1, -0.05) is 13.0 Å². The van der Waals surface area contributed by atoms with Crippen LogP contribution in [-0.2, 0) is 14.6 Å². The average molecular weight is 341 g/mol. The van der Waals surface area contributed by atoms with Gasteiger partial charge in [-0.05, 0) is 32.0 Å². The Morgan fingerprint density at radius 2 is 1.83 bits per heavy atom. The molecule has 0 fully saturated rings. The first kappa shape index (κ1) is 19.2. The number of benzene rings is 1. The SMILES string of the molecule is CCN(C(=O)c1cccc(C(=O)OC)c1)[C@@H](C)CS(=O)(=O)CC. The Balaban J connectivity index is 3.03. The van der Waals surface area contributed by atoms with E-state index in [-0.39, 0.29) is 23.0 Å². The molecule has 0 heterocycles. The molecule has 0 aliphatic carbocycles. The standard InChI is InChI=1S/C16H23NO5S/c1-5-17(12(3)11-23(20,21)6-2)15(18)13-8-7-9-14(10-13)16(19)22-4/h7-10,12H,5-6,11H2,1-4H3/t12-/m0/s1. The molecule has 6 nitrogen and oxygen atoms in total. The van der Waals surface area contributed by atoms with E-state index in [1.165, 1.54) is 18.1 Å². The Kier molecular flexibility index (Phi) is 6.75. The number of methoxy groups -OCH3 is 1. The summed E-state index contributed by atoms with van der Waals surface area (Å²) in [5, 5.41) is 0. The summed E-state index contributed by atoms with van der Waals surface area (Å²) < 4.78 is 28.2. The van der Waals surface area contributed by atoms with Gasteiger partial charge >= 0.3 is 5.97 Å². The number of hydrogen-bond donors (Lipinski definition) is 0. The zero-order valence-electron chi connectivity index (χ0n) is 13.9. The van der Waals surface area contributed by atoms with Crippen LogP contribution in [0.1, 0.15) is 41.5 Å². The van der Waals surface area contributed by atoms with Gasteiger partial charge in [0.1, 0.15) is 0 Å². The molecule has 1 aromatic carbocycles. The Morgan fingerprint density at radius 3 is 2.35 bits per heavy atom. The number of sulfone groups is 1. The molecule has 0 aliphatic rings. The lowest BCUT2D eigenvalue weighted by Gasteiger charge is -2.28. The number of carbonyl (C=O) groups excluding carboxylic acids is 2. The quantitative estimate of drug-likeness (QED) is 0.706. The molecule has 0 bridgehead atoms. The second-order valence-electron chi connectivity index (χ2n) is 5.21. The van der Waals surface area contributed by atoms with E-state index in [1.807, 2.05) is 0 Å². The third-order valence-corrected chi connectivity index (χ3v) is 5.47. The molecular formula is C16H23NO5S. The fraction of sp³-hybridized carbons (Fsp3) is 0.500. The maximum absolute atomic E-state index is 12.6. The molecule has 0 radical (unpaired) electrons. The number of rotatable bonds is 7. The molecule has 23 heavy (non-hydrogen) atoms. The minimum atomic E-state index is -3.18. The van der Waals surface area contributed by atoms with Crippen molar-refractivity contribution in [1.82, 2.24) is 4.90 Å². The van der Waals surface area contributed by atoms with Crippen molar-refractivity contribution in [3.8, 4) is 0 Å². The summed E-state index contributed by atoms with van der Waals surface area (Å²) in [7, 11) is -1.91. The molecule has 0 aromatic heterocycles. The van der Waals surface area contributed by atoms with Crippen molar-refractivity contribution >= 4 is 21.7 Å². The van der Waals surface area contributed by atoms with Crippen LogP contribution in [0.2, 0.25) is 0 Å². The first-order chi connectivity index (χ1) is 10.8. The fourth-order valence-electron chi connectivity index (χ4n) is 2.29. The van der Waals surface area contributed by atoms with Crippen molar-refractivity contribution in [2.24, 2.45) is 0 Å². The molecule has 0 unspecified atom stereocenters. The number of esters is 1. The maximum Gasteiger partial charge on any atom is 0.337 e. The highest BCUT2D eigenvalue weighted by molar-refractivity contribution is 7.91. The van der Waals surface area contributed by atoms with Crippen molar-refractivity contribution in [3.63, 3.8) is 0 Å². The van der Waals surface area contributed by atoms with Gasteiger partial charge < -0.3 is 9.64 Å². The number of amides is 1. The van der Waals surface area contributed by atoms with Crippen molar-refractivity contribution in [3.05, 3.63) is 35.4 Å². The van der Waals surface area contributed by atoms with Gasteiger partial charge in [-0.15, -0.1) is 0 Å². The van der Waals surface area contributed by atoms with Crippen molar-refractivity contribution in [2.45, 2.75) is 26.8 Å². The van der Waals surface area contributed by atoms with E-state index in [1.54, 1.807) is 39.0 Å². The van der Waals surface area contributed by atoms with Gasteiger partial charge in [0.2, 0.25) is 0 Å². The van der Waals surface area contributed by atoms with E-state index in [0.717, 1.165) is 0 Å². The number of hydrogen-bond acceptors (Lipinski definition) is 5. The van der Waals surface area contributed by atoms with Gasteiger partial charge in [0, 0.05) is 23.9 Å². The molecule has 7 heteroatoms. The number of nitrogens with zero attached hydrogens (tertiary/aromatic N) is 1. The van der Waals surface area contributed by atoms with Crippen LogP contribution in [0.25, 0.3) is 0 Å². The van der Waals surface area contributed by atoms with E-state index in [2.05, 4.69) is 4.74 Å². The lowest BCUT2D eigenvalue weighted by molar-refractivity contribution is 0.0600. The smallest absolute Gasteiger partial charge is 0.337 e. The van der Waals surface area contributed by atoms with Crippen LogP contribution in [0.3, 0.4) is 0 Å². The zero-order valence-corrected chi connectivity index (χ0v) is 14.7. The van der Waals surface area contributed by atoms with E-state index in [0.29, 0.717) is 12.1 Å². The lowest BCUT2D eigenvalue weighted by Crippen LogP contribution is -2.42. The summed E-state index contributed by atoms with van der Waals surface area (Å²) in [6.45, 7) is 5.46. The normalized spacial score (nSPS) is 12.5. The fourth-order valence-corrected chi connectivity index (χ4v) is 3.44. The molecule has 0 N–H and O–H groups in total. The Hall–Kier alpha value is -1.89.